The SMILES string of the molecule is CC(NCC(O)CC(C)(C)C)c1ccc2c(c1)CCC2. The van der Waals surface area contributed by atoms with E-state index in [1.807, 2.05) is 0 Å². The van der Waals surface area contributed by atoms with E-state index in [0.29, 0.717) is 12.6 Å². The number of hydrogen-bond acceptors (Lipinski definition) is 2. The fourth-order valence-corrected chi connectivity index (χ4v) is 3.07. The highest BCUT2D eigenvalue weighted by atomic mass is 16.3. The van der Waals surface area contributed by atoms with E-state index in [4.69, 9.17) is 0 Å². The van der Waals surface area contributed by atoms with Gasteiger partial charge in [0.25, 0.3) is 0 Å². The summed E-state index contributed by atoms with van der Waals surface area (Å²) in [5.74, 6) is 0. The van der Waals surface area contributed by atoms with Crippen molar-refractivity contribution in [3.05, 3.63) is 34.9 Å². The van der Waals surface area contributed by atoms with Gasteiger partial charge in [0, 0.05) is 12.6 Å². The average molecular weight is 275 g/mol. The van der Waals surface area contributed by atoms with Crippen LogP contribution in [0.1, 0.15) is 63.3 Å². The summed E-state index contributed by atoms with van der Waals surface area (Å²) < 4.78 is 0. The number of nitrogens with one attached hydrogen (secondary N) is 1. The second-order valence-corrected chi connectivity index (χ2v) is 7.43. The maximum atomic E-state index is 10.1. The number of hydrogen-bond donors (Lipinski definition) is 2. The number of fused-ring (bicyclic) bond motifs is 1. The predicted molar refractivity (Wildman–Crippen MR) is 85.0 cm³/mol. The first-order valence-corrected chi connectivity index (χ1v) is 7.88. The summed E-state index contributed by atoms with van der Waals surface area (Å²) in [6.07, 6.45) is 4.32. The van der Waals surface area contributed by atoms with Crippen molar-refractivity contribution in [3.63, 3.8) is 0 Å². The van der Waals surface area contributed by atoms with Crippen LogP contribution in [0.3, 0.4) is 0 Å². The molecule has 0 bridgehead atoms. The number of aliphatic hydroxyl groups is 1. The smallest absolute Gasteiger partial charge is 0.0669 e. The minimum absolute atomic E-state index is 0.178. The lowest BCUT2D eigenvalue weighted by atomic mass is 9.89. The second kappa shape index (κ2) is 6.28. The van der Waals surface area contributed by atoms with Crippen molar-refractivity contribution in [3.8, 4) is 0 Å². The Hall–Kier alpha value is -0.860. The first kappa shape index (κ1) is 15.5. The molecule has 2 atom stereocenters. The van der Waals surface area contributed by atoms with Crippen molar-refractivity contribution < 1.29 is 5.11 Å². The van der Waals surface area contributed by atoms with Crippen molar-refractivity contribution >= 4 is 0 Å². The topological polar surface area (TPSA) is 32.3 Å². The van der Waals surface area contributed by atoms with Gasteiger partial charge in [-0.3, -0.25) is 0 Å². The van der Waals surface area contributed by atoms with Gasteiger partial charge in [-0.25, -0.2) is 0 Å². The van der Waals surface area contributed by atoms with E-state index >= 15 is 0 Å². The first-order valence-electron chi connectivity index (χ1n) is 7.88. The van der Waals surface area contributed by atoms with E-state index in [1.54, 1.807) is 0 Å². The van der Waals surface area contributed by atoms with Gasteiger partial charge < -0.3 is 10.4 Å². The lowest BCUT2D eigenvalue weighted by molar-refractivity contribution is 0.117. The van der Waals surface area contributed by atoms with Gasteiger partial charge >= 0.3 is 0 Å². The lowest BCUT2D eigenvalue weighted by Crippen LogP contribution is -2.31. The van der Waals surface area contributed by atoms with Crippen molar-refractivity contribution in [1.29, 1.82) is 0 Å². The van der Waals surface area contributed by atoms with Gasteiger partial charge in [0.15, 0.2) is 0 Å². The van der Waals surface area contributed by atoms with Gasteiger partial charge in [0.2, 0.25) is 0 Å². The summed E-state index contributed by atoms with van der Waals surface area (Å²) in [7, 11) is 0. The van der Waals surface area contributed by atoms with Gasteiger partial charge in [-0.05, 0) is 54.7 Å². The molecule has 2 heteroatoms. The van der Waals surface area contributed by atoms with E-state index in [-0.39, 0.29) is 11.5 Å². The third-order valence-corrected chi connectivity index (χ3v) is 4.13. The monoisotopic (exact) mass is 275 g/mol. The van der Waals surface area contributed by atoms with Crippen LogP contribution in [0.2, 0.25) is 0 Å². The van der Waals surface area contributed by atoms with Gasteiger partial charge in [0.05, 0.1) is 6.10 Å². The third-order valence-electron chi connectivity index (χ3n) is 4.13. The molecule has 1 aliphatic carbocycles. The lowest BCUT2D eigenvalue weighted by Gasteiger charge is -2.24. The van der Waals surface area contributed by atoms with E-state index in [1.165, 1.54) is 36.0 Å². The molecular weight excluding hydrogens is 246 g/mol. The molecule has 2 nitrogen and oxygen atoms in total. The van der Waals surface area contributed by atoms with Crippen molar-refractivity contribution in [1.82, 2.24) is 5.32 Å². The van der Waals surface area contributed by atoms with Crippen LogP contribution in [0.25, 0.3) is 0 Å². The molecule has 1 aromatic carbocycles. The zero-order valence-corrected chi connectivity index (χ0v) is 13.4. The van der Waals surface area contributed by atoms with Crippen LogP contribution < -0.4 is 5.32 Å². The van der Waals surface area contributed by atoms with Crippen LogP contribution in [-0.2, 0) is 12.8 Å². The highest BCUT2D eigenvalue weighted by molar-refractivity contribution is 5.36. The number of benzene rings is 1. The van der Waals surface area contributed by atoms with Crippen LogP contribution in [-0.4, -0.2) is 17.8 Å². The molecule has 0 aliphatic heterocycles. The maximum absolute atomic E-state index is 10.1. The number of rotatable bonds is 5. The van der Waals surface area contributed by atoms with Gasteiger partial charge in [-0.2, -0.15) is 0 Å². The summed E-state index contributed by atoms with van der Waals surface area (Å²) in [4.78, 5) is 0. The second-order valence-electron chi connectivity index (χ2n) is 7.43. The Bertz CT molecular complexity index is 447. The molecule has 112 valence electrons. The maximum Gasteiger partial charge on any atom is 0.0669 e. The van der Waals surface area contributed by atoms with Crippen molar-refractivity contribution in [2.45, 2.75) is 65.5 Å². The Balaban J connectivity index is 1.87. The van der Waals surface area contributed by atoms with Crippen molar-refractivity contribution in [2.75, 3.05) is 6.54 Å². The normalized spacial score (nSPS) is 17.9. The zero-order chi connectivity index (χ0) is 14.8. The van der Waals surface area contributed by atoms with Gasteiger partial charge in [-0.1, -0.05) is 39.0 Å². The summed E-state index contributed by atoms with van der Waals surface area (Å²) >= 11 is 0. The molecule has 2 N–H and O–H groups in total. The molecule has 0 saturated heterocycles. The molecule has 2 rings (SSSR count). The average Bonchev–Trinajstić information content (AvgIpc) is 2.80. The van der Waals surface area contributed by atoms with E-state index < -0.39 is 0 Å². The Morgan fingerprint density at radius 2 is 1.90 bits per heavy atom. The summed E-state index contributed by atoms with van der Waals surface area (Å²) in [6.45, 7) is 9.34. The van der Waals surface area contributed by atoms with Gasteiger partial charge in [-0.15, -0.1) is 0 Å². The standard InChI is InChI=1S/C18H29NO/c1-13(19-12-17(20)11-18(2,3)4)15-9-8-14-6-5-7-16(14)10-15/h8-10,13,17,19-20H,5-7,11-12H2,1-4H3. The van der Waals surface area contributed by atoms with Crippen molar-refractivity contribution in [2.24, 2.45) is 5.41 Å². The summed E-state index contributed by atoms with van der Waals surface area (Å²) in [6, 6.07) is 7.16. The molecule has 1 aliphatic rings. The molecule has 0 saturated carbocycles. The van der Waals surface area contributed by atoms with Gasteiger partial charge in [0.1, 0.15) is 0 Å². The van der Waals surface area contributed by atoms with Crippen LogP contribution in [0.4, 0.5) is 0 Å². The van der Waals surface area contributed by atoms with Crippen LogP contribution in [0.5, 0.6) is 0 Å². The fraction of sp³-hybridized carbons (Fsp3) is 0.667. The Labute approximate surface area is 123 Å². The van der Waals surface area contributed by atoms with E-state index in [2.05, 4.69) is 51.2 Å². The summed E-state index contributed by atoms with van der Waals surface area (Å²) in [5, 5.41) is 13.5. The Morgan fingerprint density at radius 1 is 1.20 bits per heavy atom. The number of aryl methyl sites for hydroxylation is 2. The quantitative estimate of drug-likeness (QED) is 0.860. The minimum Gasteiger partial charge on any atom is -0.392 e. The first-order chi connectivity index (χ1) is 9.35. The summed E-state index contributed by atoms with van der Waals surface area (Å²) in [5.41, 5.74) is 4.56. The van der Waals surface area contributed by atoms with Crippen LogP contribution >= 0.6 is 0 Å². The zero-order valence-electron chi connectivity index (χ0n) is 13.4. The molecular formula is C18H29NO. The Morgan fingerprint density at radius 3 is 2.60 bits per heavy atom. The van der Waals surface area contributed by atoms with E-state index in [9.17, 15) is 5.11 Å². The Kier molecular flexibility index (Phi) is 4.87. The third kappa shape index (κ3) is 4.32. The molecule has 1 aromatic rings. The highest BCUT2D eigenvalue weighted by Crippen LogP contribution is 2.25. The molecule has 0 amide bonds. The molecule has 0 heterocycles. The molecule has 0 aromatic heterocycles. The molecule has 20 heavy (non-hydrogen) atoms. The van der Waals surface area contributed by atoms with E-state index in [0.717, 1.165) is 6.42 Å². The minimum atomic E-state index is -0.271. The molecule has 2 unspecified atom stereocenters. The largest absolute Gasteiger partial charge is 0.392 e. The molecule has 0 fully saturated rings. The fourth-order valence-electron chi connectivity index (χ4n) is 3.07. The molecule has 0 spiro atoms. The number of aliphatic hydroxyl groups excluding tert-OH is 1. The van der Waals surface area contributed by atoms with Crippen LogP contribution in [0, 0.1) is 5.41 Å². The highest BCUT2D eigenvalue weighted by Gasteiger charge is 2.18. The van der Waals surface area contributed by atoms with Crippen LogP contribution in [0.15, 0.2) is 18.2 Å². The molecule has 0 radical (unpaired) electrons. The predicted octanol–water partition coefficient (Wildman–Crippen LogP) is 3.62.